The summed E-state index contributed by atoms with van der Waals surface area (Å²) >= 11 is 0. The smallest absolute Gasteiger partial charge is 0.0360 e. The molecule has 0 aromatic heterocycles. The van der Waals surface area contributed by atoms with Crippen LogP contribution in [-0.4, -0.2) is 23.8 Å². The van der Waals surface area contributed by atoms with Gasteiger partial charge in [0, 0.05) is 18.8 Å². The van der Waals surface area contributed by atoms with Gasteiger partial charge in [-0.15, -0.1) is 0 Å². The van der Waals surface area contributed by atoms with Crippen LogP contribution < -0.4 is 0 Å². The normalized spacial score (nSPS) is 18.2. The Kier molecular flexibility index (Phi) is 2.09. The minimum absolute atomic E-state index is 1.16. The molecule has 0 bridgehead atoms. The van der Waals surface area contributed by atoms with E-state index < -0.39 is 0 Å². The first kappa shape index (κ1) is 6.59. The molecule has 2 heteroatoms. The van der Waals surface area contributed by atoms with Crippen LogP contribution in [0.1, 0.15) is 26.7 Å². The number of hydrazone groups is 1. The summed E-state index contributed by atoms with van der Waals surface area (Å²) in [6.07, 6.45) is 2.63. The first-order valence-corrected chi connectivity index (χ1v) is 3.56. The lowest BCUT2D eigenvalue weighted by molar-refractivity contribution is 0.360. The third-order valence-electron chi connectivity index (χ3n) is 1.42. The second-order valence-corrected chi connectivity index (χ2v) is 2.71. The highest BCUT2D eigenvalue weighted by molar-refractivity contribution is 5.78. The fourth-order valence-electron chi connectivity index (χ4n) is 1.08. The third-order valence-corrected chi connectivity index (χ3v) is 1.42. The zero-order valence-electron chi connectivity index (χ0n) is 6.22. The Bertz CT molecular complexity index is 108. The first-order chi connectivity index (χ1) is 4.29. The van der Waals surface area contributed by atoms with Gasteiger partial charge in [0.25, 0.3) is 0 Å². The topological polar surface area (TPSA) is 15.6 Å². The monoisotopic (exact) mass is 126 g/mol. The average molecular weight is 126 g/mol. The largest absolute Gasteiger partial charge is 0.297 e. The Morgan fingerprint density at radius 3 is 2.22 bits per heavy atom. The highest BCUT2D eigenvalue weighted by atomic mass is 15.5. The maximum atomic E-state index is 4.33. The summed E-state index contributed by atoms with van der Waals surface area (Å²) in [6.45, 7) is 6.40. The molecule has 0 amide bonds. The molecule has 0 aliphatic carbocycles. The van der Waals surface area contributed by atoms with E-state index in [0.29, 0.717) is 0 Å². The molecular formula is C7H14N2. The maximum absolute atomic E-state index is 4.33. The van der Waals surface area contributed by atoms with Crippen molar-refractivity contribution in [3.63, 3.8) is 0 Å². The highest BCUT2D eigenvalue weighted by Crippen LogP contribution is 2.06. The van der Waals surface area contributed by atoms with Gasteiger partial charge in [0.1, 0.15) is 0 Å². The molecule has 0 aromatic carbocycles. The van der Waals surface area contributed by atoms with Gasteiger partial charge in [-0.3, -0.25) is 5.01 Å². The van der Waals surface area contributed by atoms with Crippen molar-refractivity contribution < 1.29 is 0 Å². The van der Waals surface area contributed by atoms with Crippen molar-refractivity contribution in [3.8, 4) is 0 Å². The number of hydrogen-bond donors (Lipinski definition) is 0. The number of nitrogens with zero attached hydrogens (tertiary/aromatic N) is 2. The molecule has 0 spiro atoms. The van der Waals surface area contributed by atoms with Crippen LogP contribution in [0.4, 0.5) is 0 Å². The minimum Gasteiger partial charge on any atom is -0.297 e. The van der Waals surface area contributed by atoms with Crippen LogP contribution in [0.5, 0.6) is 0 Å². The van der Waals surface area contributed by atoms with Gasteiger partial charge in [-0.05, 0) is 26.7 Å². The van der Waals surface area contributed by atoms with Crippen molar-refractivity contribution >= 4 is 5.71 Å². The van der Waals surface area contributed by atoms with Crippen LogP contribution in [0.3, 0.4) is 0 Å². The van der Waals surface area contributed by atoms with Crippen LogP contribution in [0.15, 0.2) is 5.10 Å². The zero-order valence-corrected chi connectivity index (χ0v) is 6.22. The van der Waals surface area contributed by atoms with Crippen molar-refractivity contribution in [2.24, 2.45) is 5.10 Å². The fourth-order valence-corrected chi connectivity index (χ4v) is 1.08. The van der Waals surface area contributed by atoms with E-state index in [1.165, 1.54) is 12.8 Å². The Hall–Kier alpha value is -0.530. The molecule has 0 radical (unpaired) electrons. The molecule has 1 fully saturated rings. The van der Waals surface area contributed by atoms with Crippen LogP contribution >= 0.6 is 0 Å². The molecule has 1 rings (SSSR count). The van der Waals surface area contributed by atoms with E-state index >= 15 is 0 Å². The first-order valence-electron chi connectivity index (χ1n) is 3.56. The van der Waals surface area contributed by atoms with E-state index in [2.05, 4.69) is 10.1 Å². The zero-order chi connectivity index (χ0) is 6.69. The average Bonchev–Trinajstić information content (AvgIpc) is 2.15. The van der Waals surface area contributed by atoms with Gasteiger partial charge in [0.15, 0.2) is 0 Å². The molecule has 0 N–H and O–H groups in total. The number of rotatable bonds is 1. The predicted molar refractivity (Wildman–Crippen MR) is 39.6 cm³/mol. The van der Waals surface area contributed by atoms with Gasteiger partial charge in [0.2, 0.25) is 0 Å². The summed E-state index contributed by atoms with van der Waals surface area (Å²) in [7, 11) is 0. The van der Waals surface area contributed by atoms with Gasteiger partial charge < -0.3 is 0 Å². The molecule has 0 atom stereocenters. The van der Waals surface area contributed by atoms with Crippen molar-refractivity contribution in [2.75, 3.05) is 13.1 Å². The lowest BCUT2D eigenvalue weighted by Crippen LogP contribution is -2.12. The third kappa shape index (κ3) is 2.04. The van der Waals surface area contributed by atoms with E-state index in [9.17, 15) is 0 Å². The molecule has 1 saturated heterocycles. The molecule has 0 aromatic rings. The van der Waals surface area contributed by atoms with Crippen molar-refractivity contribution in [1.29, 1.82) is 0 Å². The van der Waals surface area contributed by atoms with E-state index in [-0.39, 0.29) is 0 Å². The molecule has 52 valence electrons. The van der Waals surface area contributed by atoms with Gasteiger partial charge in [-0.1, -0.05) is 0 Å². The molecular weight excluding hydrogens is 112 g/mol. The van der Waals surface area contributed by atoms with Gasteiger partial charge in [-0.25, -0.2) is 0 Å². The summed E-state index contributed by atoms with van der Waals surface area (Å²) in [6, 6.07) is 0. The SMILES string of the molecule is CC(C)=NN1CCCC1. The van der Waals surface area contributed by atoms with Gasteiger partial charge in [-0.2, -0.15) is 5.10 Å². The Labute approximate surface area is 56.5 Å². The Morgan fingerprint density at radius 2 is 1.78 bits per heavy atom. The standard InChI is InChI=1S/C7H14N2/c1-7(2)8-9-5-3-4-6-9/h3-6H2,1-2H3. The lowest BCUT2D eigenvalue weighted by Gasteiger charge is -2.09. The fraction of sp³-hybridized carbons (Fsp3) is 0.857. The van der Waals surface area contributed by atoms with Crippen molar-refractivity contribution in [1.82, 2.24) is 5.01 Å². The van der Waals surface area contributed by atoms with E-state index in [1.54, 1.807) is 0 Å². The summed E-state index contributed by atoms with van der Waals surface area (Å²) < 4.78 is 0. The highest BCUT2D eigenvalue weighted by Gasteiger charge is 2.07. The van der Waals surface area contributed by atoms with E-state index in [0.717, 1.165) is 18.8 Å². The molecule has 9 heavy (non-hydrogen) atoms. The van der Waals surface area contributed by atoms with Crippen LogP contribution in [0, 0.1) is 0 Å². The Morgan fingerprint density at radius 1 is 1.22 bits per heavy atom. The van der Waals surface area contributed by atoms with Crippen LogP contribution in [-0.2, 0) is 0 Å². The van der Waals surface area contributed by atoms with Gasteiger partial charge >= 0.3 is 0 Å². The lowest BCUT2D eigenvalue weighted by atomic mass is 10.4. The molecule has 1 heterocycles. The molecule has 0 saturated carbocycles. The van der Waals surface area contributed by atoms with E-state index in [4.69, 9.17) is 0 Å². The van der Waals surface area contributed by atoms with E-state index in [1.807, 2.05) is 13.8 Å². The van der Waals surface area contributed by atoms with Crippen molar-refractivity contribution in [3.05, 3.63) is 0 Å². The second-order valence-electron chi connectivity index (χ2n) is 2.71. The quantitative estimate of drug-likeness (QED) is 0.486. The summed E-state index contributed by atoms with van der Waals surface area (Å²) in [4.78, 5) is 0. The molecule has 2 nitrogen and oxygen atoms in total. The van der Waals surface area contributed by atoms with Crippen molar-refractivity contribution in [2.45, 2.75) is 26.7 Å². The predicted octanol–water partition coefficient (Wildman–Crippen LogP) is 1.48. The summed E-state index contributed by atoms with van der Waals surface area (Å²) in [5.74, 6) is 0. The number of hydrogen-bond acceptors (Lipinski definition) is 2. The minimum atomic E-state index is 1.16. The summed E-state index contributed by atoms with van der Waals surface area (Å²) in [5.41, 5.74) is 1.16. The second kappa shape index (κ2) is 2.85. The molecule has 1 aliphatic rings. The molecule has 1 aliphatic heterocycles. The van der Waals surface area contributed by atoms with Crippen LogP contribution in [0.2, 0.25) is 0 Å². The molecule has 0 unspecified atom stereocenters. The van der Waals surface area contributed by atoms with Gasteiger partial charge in [0.05, 0.1) is 0 Å². The maximum Gasteiger partial charge on any atom is 0.0360 e. The summed E-state index contributed by atoms with van der Waals surface area (Å²) in [5, 5.41) is 6.47. The van der Waals surface area contributed by atoms with Crippen LogP contribution in [0.25, 0.3) is 0 Å². The Balaban J connectivity index is 2.35.